The number of Topliss-reactive ketones (excluding diaryl/α,β-unsaturated/α-hetero) is 1. The van der Waals surface area contributed by atoms with E-state index in [2.05, 4.69) is 21.3 Å². The van der Waals surface area contributed by atoms with E-state index in [0.29, 0.717) is 12.2 Å². The van der Waals surface area contributed by atoms with Crippen LogP contribution in [0.5, 0.6) is 11.6 Å². The Hall–Kier alpha value is -5.20. The Bertz CT molecular complexity index is 2350. The molecule has 1 aliphatic carbocycles. The van der Waals surface area contributed by atoms with Crippen molar-refractivity contribution < 1.29 is 42.7 Å². The van der Waals surface area contributed by atoms with Crippen molar-refractivity contribution in [1.82, 2.24) is 24.6 Å². The summed E-state index contributed by atoms with van der Waals surface area (Å²) < 4.78 is 54.4. The summed E-state index contributed by atoms with van der Waals surface area (Å²) >= 11 is 0. The van der Waals surface area contributed by atoms with E-state index in [1.54, 1.807) is 21.0 Å². The van der Waals surface area contributed by atoms with Crippen LogP contribution in [0.1, 0.15) is 75.3 Å². The number of nitrogens with one attached hydrogen (secondary N) is 2. The number of anilines is 1. The van der Waals surface area contributed by atoms with Crippen LogP contribution in [0.25, 0.3) is 11.2 Å². The number of hydrogen-bond donors (Lipinski definition) is 4. The minimum Gasteiger partial charge on any atom is -0.497 e. The molecule has 1 saturated carbocycles. The fourth-order valence-corrected chi connectivity index (χ4v) is 9.66. The van der Waals surface area contributed by atoms with Crippen LogP contribution in [0.2, 0.25) is 0 Å². The number of benzene rings is 3. The Morgan fingerprint density at radius 1 is 1.05 bits per heavy atom. The van der Waals surface area contributed by atoms with Gasteiger partial charge in [0.25, 0.3) is 13.4 Å². The molecule has 4 N–H and O–H groups in total. The average Bonchev–Trinajstić information content (AvgIpc) is 3.79. The fraction of sp³-hybridized carbons (Fsp3) is 0.422. The molecule has 3 heterocycles. The molecule has 6 atom stereocenters. The number of terminal acetylenes is 1. The molecule has 3 aromatic carbocycles. The highest BCUT2D eigenvalue weighted by Gasteiger charge is 2.65. The maximum Gasteiger partial charge on any atom is 0.267 e. The summed E-state index contributed by atoms with van der Waals surface area (Å²) in [4.78, 5) is 27.1. The molecule has 7 rings (SSSR count). The topological polar surface area (TPSA) is 179 Å². The van der Waals surface area contributed by atoms with Crippen molar-refractivity contribution >= 4 is 30.4 Å². The molecular weight excluding hydrogens is 803 g/mol. The second-order valence-electron chi connectivity index (χ2n) is 15.7. The van der Waals surface area contributed by atoms with Crippen LogP contribution in [0.4, 0.5) is 10.3 Å². The molecule has 61 heavy (non-hydrogen) atoms. The van der Waals surface area contributed by atoms with Gasteiger partial charge in [-0.2, -0.15) is 9.97 Å². The minimum atomic E-state index is -3.88. The quantitative estimate of drug-likeness (QED) is 0.0431. The summed E-state index contributed by atoms with van der Waals surface area (Å²) in [5, 5.41) is 29.5. The van der Waals surface area contributed by atoms with Gasteiger partial charge in [0.05, 0.1) is 26.1 Å². The van der Waals surface area contributed by atoms with Crippen LogP contribution in [-0.2, 0) is 24.2 Å². The van der Waals surface area contributed by atoms with Crippen LogP contribution in [0, 0.1) is 18.3 Å². The van der Waals surface area contributed by atoms with E-state index in [0.717, 1.165) is 48.8 Å². The minimum absolute atomic E-state index is 0.00915. The number of aliphatic hydroxyl groups excluding tert-OH is 1. The van der Waals surface area contributed by atoms with Gasteiger partial charge in [0.1, 0.15) is 23.7 Å². The van der Waals surface area contributed by atoms with E-state index in [4.69, 9.17) is 35.1 Å². The first-order valence-corrected chi connectivity index (χ1v) is 22.5. The van der Waals surface area contributed by atoms with Crippen molar-refractivity contribution in [2.24, 2.45) is 5.92 Å². The molecule has 0 amide bonds. The van der Waals surface area contributed by atoms with Gasteiger partial charge in [-0.15, -0.1) is 6.42 Å². The fourth-order valence-electron chi connectivity index (χ4n) is 8.32. The Balaban J connectivity index is 1.23. The number of fused-ring (bicyclic) bond motifs is 1. The third-order valence-corrected chi connectivity index (χ3v) is 13.0. The molecule has 0 spiro atoms. The van der Waals surface area contributed by atoms with Gasteiger partial charge < -0.3 is 34.3 Å². The second-order valence-corrected chi connectivity index (χ2v) is 17.9. The maximum atomic E-state index is 16.9. The lowest BCUT2D eigenvalue weighted by atomic mass is 9.77. The van der Waals surface area contributed by atoms with Crippen molar-refractivity contribution in [3.05, 3.63) is 108 Å². The third kappa shape index (κ3) is 8.79. The second kappa shape index (κ2) is 18.0. The number of imidazole rings is 1. The predicted octanol–water partition coefficient (Wildman–Crippen LogP) is 6.91. The number of alkyl halides is 1. The number of aromatic nitrogens is 4. The number of hydrogen-bond acceptors (Lipinski definition) is 12. The molecule has 2 fully saturated rings. The van der Waals surface area contributed by atoms with Crippen LogP contribution in [-0.4, -0.2) is 86.1 Å². The Kier molecular flexibility index (Phi) is 13.0. The normalized spacial score (nSPS) is 23.5. The van der Waals surface area contributed by atoms with Crippen molar-refractivity contribution in [2.75, 3.05) is 32.3 Å². The molecule has 2 aliphatic rings. The zero-order chi connectivity index (χ0) is 43.4. The predicted molar refractivity (Wildman–Crippen MR) is 228 cm³/mol. The van der Waals surface area contributed by atoms with Gasteiger partial charge in [-0.3, -0.25) is 13.9 Å². The maximum absolute atomic E-state index is 16.9. The Labute approximate surface area is 354 Å². The largest absolute Gasteiger partial charge is 0.497 e. The average molecular weight is 855 g/mol. The number of carbonyl (C=O) groups excluding carboxylic acids is 1. The summed E-state index contributed by atoms with van der Waals surface area (Å²) in [6.07, 6.45) is 8.36. The van der Waals surface area contributed by atoms with E-state index in [-0.39, 0.29) is 41.3 Å². The molecule has 14 nitrogen and oxygen atoms in total. The number of methoxy groups -OCH3 is 1. The molecule has 2 aromatic heterocycles. The Morgan fingerprint density at radius 3 is 2.26 bits per heavy atom. The van der Waals surface area contributed by atoms with E-state index < -0.39 is 49.5 Å². The first kappa shape index (κ1) is 43.9. The summed E-state index contributed by atoms with van der Waals surface area (Å²) in [6.45, 7) is 3.63. The highest BCUT2D eigenvalue weighted by molar-refractivity contribution is 7.56. The lowest BCUT2D eigenvalue weighted by Crippen LogP contribution is -2.50. The number of aliphatic hydroxyl groups is 2. The monoisotopic (exact) mass is 854 g/mol. The number of rotatable bonds is 17. The third-order valence-electron chi connectivity index (χ3n) is 11.5. The molecule has 322 valence electrons. The van der Waals surface area contributed by atoms with Gasteiger partial charge in [0.2, 0.25) is 17.4 Å². The smallest absolute Gasteiger partial charge is 0.267 e. The van der Waals surface area contributed by atoms with Crippen LogP contribution in [0.15, 0.2) is 91.3 Å². The molecule has 1 unspecified atom stereocenters. The van der Waals surface area contributed by atoms with Gasteiger partial charge >= 0.3 is 0 Å². The molecular formula is C45H52FN6O8P. The summed E-state index contributed by atoms with van der Waals surface area (Å²) in [5.74, 6) is -0.193. The molecule has 0 bridgehead atoms. The molecule has 16 heteroatoms. The van der Waals surface area contributed by atoms with Crippen molar-refractivity contribution in [3.63, 3.8) is 0 Å². The summed E-state index contributed by atoms with van der Waals surface area (Å²) in [5.41, 5.74) is -1.24. The van der Waals surface area contributed by atoms with Crippen LogP contribution < -0.4 is 19.9 Å². The van der Waals surface area contributed by atoms with E-state index in [1.807, 2.05) is 84.9 Å². The molecule has 5 aromatic rings. The van der Waals surface area contributed by atoms with Gasteiger partial charge in [-0.25, -0.2) is 14.5 Å². The van der Waals surface area contributed by atoms with E-state index in [9.17, 15) is 19.6 Å². The zero-order valence-corrected chi connectivity index (χ0v) is 35.6. The summed E-state index contributed by atoms with van der Waals surface area (Å²) in [7, 11) is -2.28. The molecule has 1 aliphatic heterocycles. The van der Waals surface area contributed by atoms with Gasteiger partial charge in [-0.05, 0) is 48.6 Å². The number of nitrogens with zero attached hydrogens (tertiary/aromatic N) is 4. The molecule has 0 radical (unpaired) electrons. The highest BCUT2D eigenvalue weighted by Crippen LogP contribution is 2.49. The first-order chi connectivity index (χ1) is 29.3. The van der Waals surface area contributed by atoms with E-state index >= 15 is 4.39 Å². The number of ether oxygens (including phenoxy) is 3. The standard InChI is InChI=1S/C45H52FN6O8P/c1-6-43(55)40(54)44(46,28-59-61(5,56)51-30(3)36(53)27-31-17-11-8-12-18-31)60-41(43)52-29-47-37-38(52)48-42(49-39(37)58-7-2)50-45(32-19-13-9-14-20-32,33-21-15-10-16-22-33)34-23-25-35(57-4)26-24-34/h1,9-10,13-16,19-26,29-31,40-41,54-55H,7-8,11-12,17-18,27-28H2,2-5H3,(H,51,56)(H,48,49,50)/t30-,40-,41+,43+,44+,61?/m0/s1. The van der Waals surface area contributed by atoms with E-state index in [1.165, 1.54) is 17.6 Å². The zero-order valence-electron chi connectivity index (χ0n) is 34.7. The SMILES string of the molecule is C#C[C@]1(O)[C@H](n2cnc3c(OCC)nc(NC(c4ccccc4)(c4ccccc4)c4ccc(OC)cc4)nc32)O[C@](F)(COP(C)(=O)N[C@@H](C)C(=O)CC2CCCCC2)[C@H]1O. The van der Waals surface area contributed by atoms with Gasteiger partial charge in [-0.1, -0.05) is 111 Å². The number of ketones is 1. The molecule has 1 saturated heterocycles. The van der Waals surface area contributed by atoms with Crippen molar-refractivity contribution in [1.29, 1.82) is 0 Å². The summed E-state index contributed by atoms with van der Waals surface area (Å²) in [6, 6.07) is 26.1. The van der Waals surface area contributed by atoms with Crippen LogP contribution >= 0.6 is 7.52 Å². The van der Waals surface area contributed by atoms with Crippen molar-refractivity contribution in [3.8, 4) is 24.0 Å². The van der Waals surface area contributed by atoms with Gasteiger partial charge in [0, 0.05) is 13.1 Å². The number of carbonyl (C=O) groups is 1. The Morgan fingerprint density at radius 2 is 1.67 bits per heavy atom. The highest BCUT2D eigenvalue weighted by atomic mass is 31.2. The van der Waals surface area contributed by atoms with Gasteiger partial charge in [0.15, 0.2) is 23.5 Å². The van der Waals surface area contributed by atoms with Crippen molar-refractivity contribution in [2.45, 2.75) is 87.7 Å². The first-order valence-electron chi connectivity index (χ1n) is 20.5. The number of halogens is 1. The lowest BCUT2D eigenvalue weighted by Gasteiger charge is -2.37. The van der Waals surface area contributed by atoms with Crippen LogP contribution in [0.3, 0.4) is 0 Å². The lowest BCUT2D eigenvalue weighted by molar-refractivity contribution is -0.202.